The van der Waals surface area contributed by atoms with Crippen molar-refractivity contribution in [3.8, 4) is 6.07 Å². The van der Waals surface area contributed by atoms with Gasteiger partial charge in [0.05, 0.1) is 0 Å². The molecule has 1 atom stereocenters. The second-order valence-electron chi connectivity index (χ2n) is 4.86. The number of hydrogen-bond acceptors (Lipinski definition) is 5. The van der Waals surface area contributed by atoms with E-state index in [4.69, 9.17) is 5.26 Å². The van der Waals surface area contributed by atoms with Crippen LogP contribution in [0.3, 0.4) is 0 Å². The summed E-state index contributed by atoms with van der Waals surface area (Å²) in [5.74, 6) is 0.510. The standard InChI is InChI=1S/C13H18N4O2S.ClH/c14-9-12-13(4-2-7-16-12)20(18,19)17-8-5-11-3-1-6-15-10-11;/h2,4,7,11,15,17H,1,3,5-6,8,10H2;1H. The normalized spacial score (nSPS) is 18.5. The first-order chi connectivity index (χ1) is 9.63. The molecule has 2 heterocycles. The Kier molecular flexibility index (Phi) is 7.05. The van der Waals surface area contributed by atoms with Gasteiger partial charge < -0.3 is 5.32 Å². The maximum Gasteiger partial charge on any atom is 0.243 e. The number of aromatic nitrogens is 1. The first-order valence-corrected chi connectivity index (χ1v) is 8.17. The van der Waals surface area contributed by atoms with E-state index in [1.165, 1.54) is 18.3 Å². The molecule has 0 aliphatic carbocycles. The van der Waals surface area contributed by atoms with Crippen molar-refractivity contribution in [2.24, 2.45) is 5.92 Å². The van der Waals surface area contributed by atoms with Crippen LogP contribution in [0.25, 0.3) is 0 Å². The molecule has 1 aliphatic rings. The highest BCUT2D eigenvalue weighted by Crippen LogP contribution is 2.15. The fourth-order valence-electron chi connectivity index (χ4n) is 2.34. The molecule has 0 bridgehead atoms. The largest absolute Gasteiger partial charge is 0.316 e. The predicted octanol–water partition coefficient (Wildman–Crippen LogP) is 1.04. The first kappa shape index (κ1) is 17.9. The van der Waals surface area contributed by atoms with Crippen LogP contribution >= 0.6 is 12.4 Å². The van der Waals surface area contributed by atoms with E-state index < -0.39 is 10.0 Å². The molecule has 0 radical (unpaired) electrons. The quantitative estimate of drug-likeness (QED) is 0.841. The molecule has 0 spiro atoms. The number of halogens is 1. The van der Waals surface area contributed by atoms with Gasteiger partial charge in [-0.2, -0.15) is 5.26 Å². The lowest BCUT2D eigenvalue weighted by Crippen LogP contribution is -2.33. The van der Waals surface area contributed by atoms with Gasteiger partial charge in [-0.05, 0) is 50.4 Å². The number of sulfonamides is 1. The minimum Gasteiger partial charge on any atom is -0.316 e. The van der Waals surface area contributed by atoms with Crippen molar-refractivity contribution >= 4 is 22.4 Å². The summed E-state index contributed by atoms with van der Waals surface area (Å²) in [4.78, 5) is 3.72. The third-order valence-electron chi connectivity index (χ3n) is 3.41. The van der Waals surface area contributed by atoms with E-state index in [0.717, 1.165) is 32.4 Å². The zero-order valence-electron chi connectivity index (χ0n) is 11.6. The van der Waals surface area contributed by atoms with Crippen molar-refractivity contribution in [1.82, 2.24) is 15.0 Å². The van der Waals surface area contributed by atoms with Crippen LogP contribution in [0, 0.1) is 17.2 Å². The van der Waals surface area contributed by atoms with Crippen molar-refractivity contribution in [3.63, 3.8) is 0 Å². The van der Waals surface area contributed by atoms with Gasteiger partial charge in [0.2, 0.25) is 10.0 Å². The number of piperidine rings is 1. The molecule has 0 amide bonds. The van der Waals surface area contributed by atoms with Gasteiger partial charge in [-0.1, -0.05) is 0 Å². The minimum absolute atomic E-state index is 0. The van der Waals surface area contributed by atoms with Crippen molar-refractivity contribution in [3.05, 3.63) is 24.0 Å². The molecule has 116 valence electrons. The van der Waals surface area contributed by atoms with Crippen LogP contribution in [-0.2, 0) is 10.0 Å². The van der Waals surface area contributed by atoms with Gasteiger partial charge in [-0.25, -0.2) is 18.1 Å². The van der Waals surface area contributed by atoms with Gasteiger partial charge in [0, 0.05) is 12.7 Å². The zero-order chi connectivity index (χ0) is 14.4. The summed E-state index contributed by atoms with van der Waals surface area (Å²) in [6.45, 7) is 2.37. The fraction of sp³-hybridized carbons (Fsp3) is 0.538. The molecule has 0 aromatic carbocycles. The topological polar surface area (TPSA) is 94.9 Å². The maximum absolute atomic E-state index is 12.1. The molecule has 0 saturated carbocycles. The number of nitrogens with zero attached hydrogens (tertiary/aromatic N) is 2. The number of rotatable bonds is 5. The summed E-state index contributed by atoms with van der Waals surface area (Å²) in [5, 5.41) is 12.2. The van der Waals surface area contributed by atoms with Gasteiger partial charge in [-0.3, -0.25) is 0 Å². The molecule has 1 aromatic heterocycles. The number of pyridine rings is 1. The molecule has 1 fully saturated rings. The van der Waals surface area contributed by atoms with E-state index in [0.29, 0.717) is 12.5 Å². The van der Waals surface area contributed by atoms with Crippen molar-refractivity contribution in [2.45, 2.75) is 24.2 Å². The second-order valence-corrected chi connectivity index (χ2v) is 6.60. The van der Waals surface area contributed by atoms with E-state index >= 15 is 0 Å². The summed E-state index contributed by atoms with van der Waals surface area (Å²) >= 11 is 0. The van der Waals surface area contributed by atoms with E-state index in [1.54, 1.807) is 6.07 Å². The molecular formula is C13H19ClN4O2S. The van der Waals surface area contributed by atoms with Crippen molar-refractivity contribution in [1.29, 1.82) is 5.26 Å². The average Bonchev–Trinajstić information content (AvgIpc) is 2.48. The molecule has 21 heavy (non-hydrogen) atoms. The maximum atomic E-state index is 12.1. The van der Waals surface area contributed by atoms with E-state index in [1.807, 2.05) is 0 Å². The number of nitrogens with one attached hydrogen (secondary N) is 2. The Balaban J connectivity index is 0.00000220. The van der Waals surface area contributed by atoms with Gasteiger partial charge in [0.25, 0.3) is 0 Å². The highest BCUT2D eigenvalue weighted by atomic mass is 35.5. The fourth-order valence-corrected chi connectivity index (χ4v) is 3.49. The molecule has 1 aliphatic heterocycles. The lowest BCUT2D eigenvalue weighted by molar-refractivity contribution is 0.358. The minimum atomic E-state index is -3.66. The predicted molar refractivity (Wildman–Crippen MR) is 81.6 cm³/mol. The molecule has 1 unspecified atom stereocenters. The molecule has 2 N–H and O–H groups in total. The third-order valence-corrected chi connectivity index (χ3v) is 4.90. The van der Waals surface area contributed by atoms with Crippen molar-refractivity contribution < 1.29 is 8.42 Å². The summed E-state index contributed by atoms with van der Waals surface area (Å²) in [5.41, 5.74) is -0.0701. The monoisotopic (exact) mass is 330 g/mol. The Morgan fingerprint density at radius 1 is 1.52 bits per heavy atom. The van der Waals surface area contributed by atoms with E-state index in [2.05, 4.69) is 15.0 Å². The lowest BCUT2D eigenvalue weighted by Gasteiger charge is -2.22. The number of hydrogen-bond donors (Lipinski definition) is 2. The second kappa shape index (κ2) is 8.29. The Labute approximate surface area is 131 Å². The van der Waals surface area contributed by atoms with Gasteiger partial charge in [-0.15, -0.1) is 12.4 Å². The smallest absolute Gasteiger partial charge is 0.243 e. The van der Waals surface area contributed by atoms with Gasteiger partial charge >= 0.3 is 0 Å². The van der Waals surface area contributed by atoms with E-state index in [9.17, 15) is 8.42 Å². The lowest BCUT2D eigenvalue weighted by atomic mass is 9.96. The van der Waals surface area contributed by atoms with Crippen LogP contribution in [0.5, 0.6) is 0 Å². The third kappa shape index (κ3) is 4.93. The van der Waals surface area contributed by atoms with Crippen LogP contribution in [0.1, 0.15) is 25.0 Å². The molecule has 1 saturated heterocycles. The van der Waals surface area contributed by atoms with Crippen molar-refractivity contribution in [2.75, 3.05) is 19.6 Å². The van der Waals surface area contributed by atoms with Crippen LogP contribution in [0.2, 0.25) is 0 Å². The molecule has 2 rings (SSSR count). The van der Waals surface area contributed by atoms with E-state index in [-0.39, 0.29) is 23.0 Å². The Morgan fingerprint density at radius 2 is 2.33 bits per heavy atom. The average molecular weight is 331 g/mol. The zero-order valence-corrected chi connectivity index (χ0v) is 13.2. The van der Waals surface area contributed by atoms with Gasteiger partial charge in [0.1, 0.15) is 11.0 Å². The van der Waals surface area contributed by atoms with Crippen LogP contribution in [-0.4, -0.2) is 33.0 Å². The molecule has 8 heteroatoms. The Morgan fingerprint density at radius 3 is 3.00 bits per heavy atom. The van der Waals surface area contributed by atoms with Crippen LogP contribution in [0.4, 0.5) is 0 Å². The Bertz CT molecular complexity index is 594. The molecule has 1 aromatic rings. The molecular weight excluding hydrogens is 312 g/mol. The summed E-state index contributed by atoms with van der Waals surface area (Å²) < 4.78 is 26.8. The van der Waals surface area contributed by atoms with Crippen LogP contribution in [0.15, 0.2) is 23.2 Å². The highest BCUT2D eigenvalue weighted by molar-refractivity contribution is 7.89. The summed E-state index contributed by atoms with van der Waals surface area (Å²) in [6.07, 6.45) is 4.48. The summed E-state index contributed by atoms with van der Waals surface area (Å²) in [6, 6.07) is 4.71. The highest BCUT2D eigenvalue weighted by Gasteiger charge is 2.20. The first-order valence-electron chi connectivity index (χ1n) is 6.69. The summed E-state index contributed by atoms with van der Waals surface area (Å²) in [7, 11) is -3.66. The number of nitriles is 1. The molecule has 6 nitrogen and oxygen atoms in total. The SMILES string of the molecule is Cl.N#Cc1ncccc1S(=O)(=O)NCCC1CCCNC1. The van der Waals surface area contributed by atoms with Gasteiger partial charge in [0.15, 0.2) is 5.69 Å². The van der Waals surface area contributed by atoms with Crippen LogP contribution < -0.4 is 10.0 Å². The Hall–Kier alpha value is -1.20.